The highest BCUT2D eigenvalue weighted by atomic mass is 32.2. The summed E-state index contributed by atoms with van der Waals surface area (Å²) in [4.78, 5) is 16.7. The molecule has 1 amide bonds. The molecule has 2 aromatic rings. The highest BCUT2D eigenvalue weighted by Crippen LogP contribution is 2.43. The van der Waals surface area contributed by atoms with Crippen molar-refractivity contribution in [2.24, 2.45) is 5.73 Å². The predicted molar refractivity (Wildman–Crippen MR) is 128 cm³/mol. The monoisotopic (exact) mass is 493 g/mol. The molecule has 0 saturated heterocycles. The molecule has 180 valence electrons. The number of ether oxygens (including phenoxy) is 1. The number of rotatable bonds is 8. The fraction of sp³-hybridized carbons (Fsp3) is 0.565. The standard InChI is InChI=1S/C23H31N3O5S2/c1-23(2,28)13-26-15-5-10-18(20(11-15)33(29,30)17-8-9-17)19-12-25-21(32-19)14-3-6-16(7-4-14)31-22(24)27/h5,10-12,14,16-17,26,28H,3-4,6-9,13H2,1-2H3,(H2,24,27). The summed E-state index contributed by atoms with van der Waals surface area (Å²) >= 11 is 1.53. The molecular formula is C23H31N3O5S2. The Labute approximate surface area is 198 Å². The molecule has 2 aliphatic carbocycles. The Kier molecular flexibility index (Phi) is 6.70. The number of nitrogens with zero attached hydrogens (tertiary/aromatic N) is 1. The second-order valence-electron chi connectivity index (χ2n) is 9.59. The Morgan fingerprint density at radius 3 is 2.55 bits per heavy atom. The van der Waals surface area contributed by atoms with Crippen molar-refractivity contribution in [3.63, 3.8) is 0 Å². The third kappa shape index (κ3) is 5.85. The van der Waals surface area contributed by atoms with Gasteiger partial charge in [0.1, 0.15) is 6.10 Å². The highest BCUT2D eigenvalue weighted by Gasteiger charge is 2.39. The van der Waals surface area contributed by atoms with E-state index in [0.717, 1.165) is 35.6 Å². The van der Waals surface area contributed by atoms with Gasteiger partial charge in [0.25, 0.3) is 0 Å². The van der Waals surface area contributed by atoms with Gasteiger partial charge in [-0.05, 0) is 64.5 Å². The minimum atomic E-state index is -3.44. The Bertz CT molecular complexity index is 1110. The zero-order valence-electron chi connectivity index (χ0n) is 18.9. The highest BCUT2D eigenvalue weighted by molar-refractivity contribution is 7.92. The lowest BCUT2D eigenvalue weighted by atomic mass is 9.88. The maximum absolute atomic E-state index is 13.2. The second kappa shape index (κ2) is 9.23. The number of primary amides is 1. The van der Waals surface area contributed by atoms with E-state index in [1.807, 2.05) is 12.1 Å². The number of nitrogens with one attached hydrogen (secondary N) is 1. The molecule has 8 nitrogen and oxygen atoms in total. The first-order valence-corrected chi connectivity index (χ1v) is 13.7. The number of hydrogen-bond acceptors (Lipinski definition) is 8. The van der Waals surface area contributed by atoms with Crippen molar-refractivity contribution in [3.8, 4) is 10.4 Å². The van der Waals surface area contributed by atoms with Gasteiger partial charge in [-0.15, -0.1) is 11.3 Å². The Morgan fingerprint density at radius 1 is 1.24 bits per heavy atom. The molecule has 33 heavy (non-hydrogen) atoms. The third-order valence-electron chi connectivity index (χ3n) is 6.07. The summed E-state index contributed by atoms with van der Waals surface area (Å²) in [5.41, 5.74) is 5.55. The van der Waals surface area contributed by atoms with Gasteiger partial charge in [-0.1, -0.05) is 6.07 Å². The smallest absolute Gasteiger partial charge is 0.404 e. The maximum atomic E-state index is 13.2. The number of anilines is 1. The summed E-state index contributed by atoms with van der Waals surface area (Å²) in [6.45, 7) is 3.70. The van der Waals surface area contributed by atoms with Crippen molar-refractivity contribution in [2.75, 3.05) is 11.9 Å². The molecule has 2 saturated carbocycles. The average Bonchev–Trinajstić information content (AvgIpc) is 3.50. The number of benzene rings is 1. The van der Waals surface area contributed by atoms with Crippen molar-refractivity contribution >= 4 is 33.0 Å². The van der Waals surface area contributed by atoms with Crippen LogP contribution >= 0.6 is 11.3 Å². The Hall–Kier alpha value is -2.17. The van der Waals surface area contributed by atoms with E-state index in [9.17, 15) is 18.3 Å². The van der Waals surface area contributed by atoms with Crippen molar-refractivity contribution in [1.82, 2.24) is 4.98 Å². The number of sulfone groups is 1. The molecule has 4 N–H and O–H groups in total. The van der Waals surface area contributed by atoms with Gasteiger partial charge < -0.3 is 20.9 Å². The largest absolute Gasteiger partial charge is 0.446 e. The molecule has 0 atom stereocenters. The molecule has 0 bridgehead atoms. The Morgan fingerprint density at radius 2 is 1.94 bits per heavy atom. The zero-order chi connectivity index (χ0) is 23.8. The van der Waals surface area contributed by atoms with E-state index in [1.54, 1.807) is 26.1 Å². The second-order valence-corrected chi connectivity index (χ2v) is 12.9. The summed E-state index contributed by atoms with van der Waals surface area (Å²) in [6, 6.07) is 5.36. The molecule has 0 unspecified atom stereocenters. The van der Waals surface area contributed by atoms with E-state index in [0.29, 0.717) is 35.5 Å². The summed E-state index contributed by atoms with van der Waals surface area (Å²) < 4.78 is 31.6. The predicted octanol–water partition coefficient (Wildman–Crippen LogP) is 4.05. The molecule has 2 aliphatic rings. The van der Waals surface area contributed by atoms with Crippen LogP contribution in [0.3, 0.4) is 0 Å². The van der Waals surface area contributed by atoms with Crippen LogP contribution in [0.2, 0.25) is 0 Å². The first kappa shape index (κ1) is 24.0. The van der Waals surface area contributed by atoms with Crippen LogP contribution in [0.5, 0.6) is 0 Å². The SMILES string of the molecule is CC(C)(O)CNc1ccc(-c2cnc(C3CCC(OC(N)=O)CC3)s2)c(S(=O)(=O)C2CC2)c1. The number of hydrogen-bond donors (Lipinski definition) is 3. The first-order chi connectivity index (χ1) is 15.5. The van der Waals surface area contributed by atoms with Gasteiger partial charge in [0.15, 0.2) is 9.84 Å². The number of carbonyl (C=O) groups is 1. The van der Waals surface area contributed by atoms with Crippen LogP contribution < -0.4 is 11.1 Å². The van der Waals surface area contributed by atoms with Crippen molar-refractivity contribution in [1.29, 1.82) is 0 Å². The Balaban J connectivity index is 1.57. The van der Waals surface area contributed by atoms with E-state index in [1.165, 1.54) is 11.3 Å². The van der Waals surface area contributed by atoms with Gasteiger partial charge in [0.2, 0.25) is 0 Å². The molecular weight excluding hydrogens is 462 g/mol. The number of aliphatic hydroxyl groups is 1. The van der Waals surface area contributed by atoms with Gasteiger partial charge in [0, 0.05) is 29.9 Å². The third-order valence-corrected chi connectivity index (χ3v) is 9.56. The summed E-state index contributed by atoms with van der Waals surface area (Å²) in [5.74, 6) is 0.257. The lowest BCUT2D eigenvalue weighted by Crippen LogP contribution is -2.29. The topological polar surface area (TPSA) is 132 Å². The molecule has 1 aromatic carbocycles. The van der Waals surface area contributed by atoms with Gasteiger partial charge >= 0.3 is 6.09 Å². The zero-order valence-corrected chi connectivity index (χ0v) is 20.5. The average molecular weight is 494 g/mol. The number of carbonyl (C=O) groups excluding carboxylic acids is 1. The molecule has 2 fully saturated rings. The fourth-order valence-corrected chi connectivity index (χ4v) is 7.22. The quantitative estimate of drug-likeness (QED) is 0.505. The van der Waals surface area contributed by atoms with Gasteiger partial charge in [-0.25, -0.2) is 18.2 Å². The molecule has 4 rings (SSSR count). The van der Waals surface area contributed by atoms with Crippen LogP contribution in [0.25, 0.3) is 10.4 Å². The molecule has 1 heterocycles. The molecule has 0 spiro atoms. The number of nitrogens with two attached hydrogens (primary N) is 1. The summed E-state index contributed by atoms with van der Waals surface area (Å²) in [5, 5.41) is 13.8. The fourth-order valence-electron chi connectivity index (χ4n) is 4.14. The first-order valence-electron chi connectivity index (χ1n) is 11.3. The number of thiazole rings is 1. The van der Waals surface area contributed by atoms with Gasteiger partial charge in [-0.2, -0.15) is 0 Å². The summed E-state index contributed by atoms with van der Waals surface area (Å²) in [6.07, 6.45) is 5.43. The van der Waals surface area contributed by atoms with Crippen LogP contribution in [0.1, 0.15) is 63.3 Å². The minimum absolute atomic E-state index is 0.141. The molecule has 0 radical (unpaired) electrons. The lowest BCUT2D eigenvalue weighted by molar-refractivity contribution is 0.0787. The molecule has 1 aromatic heterocycles. The van der Waals surface area contributed by atoms with Crippen molar-refractivity contribution in [2.45, 2.75) is 80.1 Å². The maximum Gasteiger partial charge on any atom is 0.404 e. The summed E-state index contributed by atoms with van der Waals surface area (Å²) in [7, 11) is -3.44. The van der Waals surface area contributed by atoms with E-state index in [-0.39, 0.29) is 17.3 Å². The van der Waals surface area contributed by atoms with Crippen LogP contribution in [-0.2, 0) is 14.6 Å². The number of aromatic nitrogens is 1. The van der Waals surface area contributed by atoms with Crippen LogP contribution in [0, 0.1) is 0 Å². The number of amides is 1. The van der Waals surface area contributed by atoms with Gasteiger partial charge in [0.05, 0.1) is 25.6 Å². The van der Waals surface area contributed by atoms with E-state index in [4.69, 9.17) is 10.5 Å². The normalized spacial score (nSPS) is 21.5. The van der Waals surface area contributed by atoms with Crippen LogP contribution in [0.15, 0.2) is 29.3 Å². The van der Waals surface area contributed by atoms with Gasteiger partial charge in [-0.3, -0.25) is 0 Å². The van der Waals surface area contributed by atoms with E-state index < -0.39 is 21.5 Å². The van der Waals surface area contributed by atoms with Crippen LogP contribution in [-0.4, -0.2) is 48.1 Å². The lowest BCUT2D eigenvalue weighted by Gasteiger charge is -2.26. The van der Waals surface area contributed by atoms with E-state index >= 15 is 0 Å². The minimum Gasteiger partial charge on any atom is -0.446 e. The van der Waals surface area contributed by atoms with Crippen LogP contribution in [0.4, 0.5) is 10.5 Å². The van der Waals surface area contributed by atoms with E-state index in [2.05, 4.69) is 10.3 Å². The molecule has 0 aliphatic heterocycles. The molecule has 10 heteroatoms. The van der Waals surface area contributed by atoms with Crippen molar-refractivity contribution < 1.29 is 23.1 Å². The van der Waals surface area contributed by atoms with Crippen molar-refractivity contribution in [3.05, 3.63) is 29.4 Å².